The molecule has 0 aliphatic heterocycles. The average molecular weight is 336 g/mol. The number of thiazole rings is 1. The Morgan fingerprint density at radius 3 is 2.67 bits per heavy atom. The van der Waals surface area contributed by atoms with Gasteiger partial charge >= 0.3 is 0 Å². The van der Waals surface area contributed by atoms with E-state index in [0.29, 0.717) is 5.92 Å². The normalized spacial score (nSPS) is 14.9. The number of nitrogens with zero attached hydrogens (tertiary/aromatic N) is 3. The zero-order chi connectivity index (χ0) is 16.4. The second-order valence-corrected chi connectivity index (χ2v) is 6.87. The Labute approximate surface area is 145 Å². The molecule has 1 aromatic carbocycles. The van der Waals surface area contributed by atoms with Crippen molar-refractivity contribution in [3.63, 3.8) is 0 Å². The highest BCUT2D eigenvalue weighted by molar-refractivity contribution is 7.13. The molecule has 0 amide bonds. The summed E-state index contributed by atoms with van der Waals surface area (Å²) in [6.45, 7) is 0. The summed E-state index contributed by atoms with van der Waals surface area (Å²) in [4.78, 5) is 14.3. The molecule has 121 valence electrons. The van der Waals surface area contributed by atoms with Crippen molar-refractivity contribution in [2.45, 2.75) is 31.6 Å². The third-order valence-electron chi connectivity index (χ3n) is 4.64. The highest BCUT2D eigenvalue weighted by atomic mass is 32.1. The Morgan fingerprint density at radius 1 is 1.12 bits per heavy atom. The van der Waals surface area contributed by atoms with Crippen LogP contribution in [0, 0.1) is 6.33 Å². The second-order valence-electron chi connectivity index (χ2n) is 6.01. The van der Waals surface area contributed by atoms with Gasteiger partial charge in [0.15, 0.2) is 6.33 Å². The van der Waals surface area contributed by atoms with Gasteiger partial charge in [-0.3, -0.25) is 0 Å². The molecule has 1 aliphatic rings. The van der Waals surface area contributed by atoms with E-state index in [2.05, 4.69) is 21.3 Å². The maximum Gasteiger partial charge on any atom is 0.198 e. The maximum absolute atomic E-state index is 5.24. The molecule has 2 aromatic heterocycles. The number of hydrogen-bond acceptors (Lipinski definition) is 5. The molecule has 0 saturated heterocycles. The lowest BCUT2D eigenvalue weighted by Gasteiger charge is -2.13. The predicted octanol–water partition coefficient (Wildman–Crippen LogP) is 4.73. The van der Waals surface area contributed by atoms with Gasteiger partial charge in [0.05, 0.1) is 28.9 Å². The lowest BCUT2D eigenvalue weighted by molar-refractivity contribution is 0.415. The molecule has 24 heavy (non-hydrogen) atoms. The lowest BCUT2D eigenvalue weighted by atomic mass is 9.96. The predicted molar refractivity (Wildman–Crippen MR) is 95.2 cm³/mol. The van der Waals surface area contributed by atoms with Crippen molar-refractivity contribution in [1.29, 1.82) is 0 Å². The van der Waals surface area contributed by atoms with Crippen LogP contribution in [0.15, 0.2) is 36.0 Å². The van der Waals surface area contributed by atoms with Crippen LogP contribution in [0.5, 0.6) is 5.75 Å². The fraction of sp³-hybridized carbons (Fsp3) is 0.316. The minimum Gasteiger partial charge on any atom is -0.497 e. The van der Waals surface area contributed by atoms with Crippen LogP contribution >= 0.6 is 11.3 Å². The Bertz CT molecular complexity index is 823. The Balaban J connectivity index is 1.77. The van der Waals surface area contributed by atoms with Gasteiger partial charge in [0.1, 0.15) is 5.75 Å². The summed E-state index contributed by atoms with van der Waals surface area (Å²) in [5.41, 5.74) is 6.16. The van der Waals surface area contributed by atoms with E-state index in [0.717, 1.165) is 27.6 Å². The van der Waals surface area contributed by atoms with E-state index < -0.39 is 0 Å². The summed E-state index contributed by atoms with van der Waals surface area (Å²) in [6.07, 6.45) is 9.72. The quantitative estimate of drug-likeness (QED) is 0.691. The van der Waals surface area contributed by atoms with Crippen LogP contribution in [0.3, 0.4) is 0 Å². The third kappa shape index (κ3) is 2.80. The molecule has 4 rings (SSSR count). The molecule has 0 atom stereocenters. The molecule has 1 saturated carbocycles. The smallest absolute Gasteiger partial charge is 0.198 e. The summed E-state index contributed by atoms with van der Waals surface area (Å²) in [5.74, 6) is 1.40. The van der Waals surface area contributed by atoms with Gasteiger partial charge < -0.3 is 4.74 Å². The van der Waals surface area contributed by atoms with Crippen molar-refractivity contribution in [2.24, 2.45) is 0 Å². The van der Waals surface area contributed by atoms with E-state index in [1.54, 1.807) is 18.4 Å². The van der Waals surface area contributed by atoms with Crippen LogP contribution in [-0.4, -0.2) is 22.1 Å². The van der Waals surface area contributed by atoms with E-state index in [1.165, 1.54) is 31.2 Å². The number of benzene rings is 1. The summed E-state index contributed by atoms with van der Waals surface area (Å²) < 4.78 is 5.24. The van der Waals surface area contributed by atoms with E-state index >= 15 is 0 Å². The molecule has 1 fully saturated rings. The SMILES string of the molecule is COc1ccc(-c2ncsc2-c2n[c]ncc2C2CCCC2)cc1. The van der Waals surface area contributed by atoms with E-state index in [4.69, 9.17) is 4.74 Å². The summed E-state index contributed by atoms with van der Waals surface area (Å²) >= 11 is 1.63. The highest BCUT2D eigenvalue weighted by Crippen LogP contribution is 2.41. The van der Waals surface area contributed by atoms with Crippen molar-refractivity contribution in [3.8, 4) is 27.6 Å². The van der Waals surface area contributed by atoms with Gasteiger partial charge in [-0.15, -0.1) is 11.3 Å². The molecule has 5 heteroatoms. The third-order valence-corrected chi connectivity index (χ3v) is 5.47. The minimum absolute atomic E-state index is 0.556. The van der Waals surface area contributed by atoms with Gasteiger partial charge in [-0.25, -0.2) is 15.0 Å². The number of rotatable bonds is 4. The van der Waals surface area contributed by atoms with E-state index in [1.807, 2.05) is 36.0 Å². The maximum atomic E-state index is 5.24. The van der Waals surface area contributed by atoms with Gasteiger partial charge in [-0.1, -0.05) is 12.8 Å². The molecule has 1 radical (unpaired) electrons. The number of ether oxygens (including phenoxy) is 1. The Hall–Kier alpha value is -2.27. The van der Waals surface area contributed by atoms with Crippen LogP contribution in [-0.2, 0) is 0 Å². The Kier molecular flexibility index (Phi) is 4.26. The Morgan fingerprint density at radius 2 is 1.92 bits per heavy atom. The molecule has 4 nitrogen and oxygen atoms in total. The van der Waals surface area contributed by atoms with Crippen molar-refractivity contribution >= 4 is 11.3 Å². The van der Waals surface area contributed by atoms with Crippen molar-refractivity contribution < 1.29 is 4.74 Å². The molecule has 3 aromatic rings. The van der Waals surface area contributed by atoms with Crippen molar-refractivity contribution in [3.05, 3.63) is 47.9 Å². The first-order chi connectivity index (χ1) is 11.9. The number of aromatic nitrogens is 3. The molecule has 0 bridgehead atoms. The van der Waals surface area contributed by atoms with E-state index in [9.17, 15) is 0 Å². The largest absolute Gasteiger partial charge is 0.497 e. The van der Waals surface area contributed by atoms with Crippen LogP contribution in [0.25, 0.3) is 21.8 Å². The molecule has 1 aliphatic carbocycles. The monoisotopic (exact) mass is 336 g/mol. The number of methoxy groups -OCH3 is 1. The second kappa shape index (κ2) is 6.69. The first-order valence-electron chi connectivity index (χ1n) is 8.18. The minimum atomic E-state index is 0.556. The summed E-state index contributed by atoms with van der Waals surface area (Å²) in [6, 6.07) is 8.00. The number of hydrogen-bond donors (Lipinski definition) is 0. The van der Waals surface area contributed by atoms with Crippen LogP contribution < -0.4 is 4.74 Å². The zero-order valence-corrected chi connectivity index (χ0v) is 14.3. The standard InChI is InChI=1S/C19H18N3OS/c1-23-15-8-6-14(7-9-15)17-19(24-12-22-17)18-16(10-20-11-21-18)13-4-2-3-5-13/h6-10,12-13H,2-5H2,1H3. The molecule has 2 heterocycles. The van der Waals surface area contributed by atoms with Gasteiger partial charge in [0.2, 0.25) is 0 Å². The summed E-state index contributed by atoms with van der Waals surface area (Å²) in [5, 5.41) is 0. The molecular formula is C19H18N3OS. The van der Waals surface area contributed by atoms with Gasteiger partial charge in [-0.05, 0) is 43.0 Å². The first kappa shape index (κ1) is 15.3. The topological polar surface area (TPSA) is 47.9 Å². The molecule has 0 spiro atoms. The average Bonchev–Trinajstić information content (AvgIpc) is 3.33. The molecule has 0 N–H and O–H groups in total. The van der Waals surface area contributed by atoms with Crippen LogP contribution in [0.1, 0.15) is 37.2 Å². The zero-order valence-electron chi connectivity index (χ0n) is 13.5. The van der Waals surface area contributed by atoms with Gasteiger partial charge in [0, 0.05) is 17.3 Å². The summed E-state index contributed by atoms with van der Waals surface area (Å²) in [7, 11) is 1.67. The van der Waals surface area contributed by atoms with Crippen LogP contribution in [0.2, 0.25) is 0 Å². The molecule has 0 unspecified atom stereocenters. The fourth-order valence-corrected chi connectivity index (χ4v) is 4.21. The van der Waals surface area contributed by atoms with E-state index in [-0.39, 0.29) is 0 Å². The van der Waals surface area contributed by atoms with Gasteiger partial charge in [0.25, 0.3) is 0 Å². The fourth-order valence-electron chi connectivity index (χ4n) is 3.39. The van der Waals surface area contributed by atoms with Crippen LogP contribution in [0.4, 0.5) is 0 Å². The lowest BCUT2D eigenvalue weighted by Crippen LogP contribution is -1.99. The van der Waals surface area contributed by atoms with Crippen molar-refractivity contribution in [2.75, 3.05) is 7.11 Å². The molecular weight excluding hydrogens is 318 g/mol. The first-order valence-corrected chi connectivity index (χ1v) is 9.06. The van der Waals surface area contributed by atoms with Gasteiger partial charge in [-0.2, -0.15) is 0 Å². The highest BCUT2D eigenvalue weighted by Gasteiger charge is 2.24. The van der Waals surface area contributed by atoms with Crippen molar-refractivity contribution in [1.82, 2.24) is 15.0 Å².